The van der Waals surface area contributed by atoms with Crippen LogP contribution in [0.4, 0.5) is 0 Å². The largest absolute Gasteiger partial charge is 0.453 e. The molecule has 12 aromatic rings. The van der Waals surface area contributed by atoms with Crippen molar-refractivity contribution < 1.29 is 4.74 Å². The highest BCUT2D eigenvalue weighted by Gasteiger charge is 2.24. The molecule has 3 aromatic heterocycles. The fraction of sp³-hybridized carbons (Fsp3) is 0. The van der Waals surface area contributed by atoms with Gasteiger partial charge in [0.1, 0.15) is 0 Å². The first-order valence-corrected chi connectivity index (χ1v) is 19.8. The van der Waals surface area contributed by atoms with Crippen molar-refractivity contribution in [2.75, 3.05) is 0 Å². The fourth-order valence-electron chi connectivity index (χ4n) is 9.68. The molecular formula is C54H33N3O. The average Bonchev–Trinajstić information content (AvgIpc) is 3.93. The molecule has 0 aliphatic carbocycles. The van der Waals surface area contributed by atoms with Gasteiger partial charge in [0.15, 0.2) is 11.5 Å². The number of nitrogens with zero attached hydrogens (tertiary/aromatic N) is 3. The number of ether oxygens (including phenoxy) is 1. The third-order valence-electron chi connectivity index (χ3n) is 12.2. The molecule has 9 aromatic carbocycles. The van der Waals surface area contributed by atoms with E-state index in [1.807, 2.05) is 0 Å². The highest BCUT2D eigenvalue weighted by Crippen LogP contribution is 2.46. The van der Waals surface area contributed by atoms with Gasteiger partial charge in [-0.05, 0) is 101 Å². The average molecular weight is 740 g/mol. The van der Waals surface area contributed by atoms with Crippen LogP contribution >= 0.6 is 0 Å². The van der Waals surface area contributed by atoms with Gasteiger partial charge >= 0.3 is 0 Å². The summed E-state index contributed by atoms with van der Waals surface area (Å²) in [6, 6.07) is 72.5. The van der Waals surface area contributed by atoms with Crippen LogP contribution in [0.2, 0.25) is 0 Å². The van der Waals surface area contributed by atoms with Gasteiger partial charge in [-0.3, -0.25) is 0 Å². The Kier molecular flexibility index (Phi) is 6.41. The lowest BCUT2D eigenvalue weighted by molar-refractivity contribution is 0.476. The maximum atomic E-state index is 6.62. The molecule has 4 heteroatoms. The van der Waals surface area contributed by atoms with Crippen molar-refractivity contribution in [1.29, 1.82) is 0 Å². The van der Waals surface area contributed by atoms with E-state index >= 15 is 0 Å². The zero-order valence-corrected chi connectivity index (χ0v) is 31.3. The molecule has 0 unspecified atom stereocenters. The molecule has 0 spiro atoms. The lowest BCUT2D eigenvalue weighted by atomic mass is 9.98. The van der Waals surface area contributed by atoms with Crippen LogP contribution in [0.1, 0.15) is 0 Å². The van der Waals surface area contributed by atoms with Gasteiger partial charge in [-0.25, -0.2) is 0 Å². The quantitative estimate of drug-likeness (QED) is 0.176. The summed E-state index contributed by atoms with van der Waals surface area (Å²) >= 11 is 0. The highest BCUT2D eigenvalue weighted by molar-refractivity contribution is 6.13. The molecule has 0 atom stereocenters. The summed E-state index contributed by atoms with van der Waals surface area (Å²) in [5, 5.41) is 7.45. The maximum Gasteiger partial charge on any atom is 0.152 e. The Balaban J connectivity index is 0.909. The molecule has 0 amide bonds. The van der Waals surface area contributed by atoms with Crippen molar-refractivity contribution in [1.82, 2.24) is 13.7 Å². The van der Waals surface area contributed by atoms with E-state index in [-0.39, 0.29) is 0 Å². The molecule has 0 fully saturated rings. The summed E-state index contributed by atoms with van der Waals surface area (Å²) in [5.41, 5.74) is 15.0. The van der Waals surface area contributed by atoms with Crippen molar-refractivity contribution in [2.45, 2.75) is 0 Å². The molecule has 1 aliphatic rings. The zero-order valence-electron chi connectivity index (χ0n) is 31.3. The Hall–Kier alpha value is -7.82. The van der Waals surface area contributed by atoms with Crippen LogP contribution < -0.4 is 4.74 Å². The molecule has 0 saturated carbocycles. The topological polar surface area (TPSA) is 24.0 Å². The number of aromatic nitrogens is 3. The summed E-state index contributed by atoms with van der Waals surface area (Å²) in [5.74, 6) is 1.75. The predicted molar refractivity (Wildman–Crippen MR) is 240 cm³/mol. The van der Waals surface area contributed by atoms with Gasteiger partial charge in [0.2, 0.25) is 0 Å². The Morgan fingerprint density at radius 3 is 1.43 bits per heavy atom. The first-order valence-electron chi connectivity index (χ1n) is 19.8. The number of rotatable bonds is 4. The van der Waals surface area contributed by atoms with E-state index in [1.54, 1.807) is 0 Å². The van der Waals surface area contributed by atoms with Crippen molar-refractivity contribution >= 4 is 65.4 Å². The van der Waals surface area contributed by atoms with Crippen LogP contribution in [-0.2, 0) is 0 Å². The molecule has 0 saturated heterocycles. The van der Waals surface area contributed by atoms with Crippen molar-refractivity contribution in [2.24, 2.45) is 0 Å². The van der Waals surface area contributed by atoms with Crippen LogP contribution in [0.15, 0.2) is 200 Å². The molecule has 58 heavy (non-hydrogen) atoms. The van der Waals surface area contributed by atoms with Crippen molar-refractivity contribution in [3.63, 3.8) is 0 Å². The first kappa shape index (κ1) is 31.4. The van der Waals surface area contributed by atoms with Gasteiger partial charge in [-0.1, -0.05) is 121 Å². The van der Waals surface area contributed by atoms with Gasteiger partial charge in [0, 0.05) is 43.7 Å². The van der Waals surface area contributed by atoms with E-state index < -0.39 is 0 Å². The van der Waals surface area contributed by atoms with Crippen LogP contribution in [0.5, 0.6) is 11.5 Å². The highest BCUT2D eigenvalue weighted by atomic mass is 16.5. The number of para-hydroxylation sites is 5. The molecule has 0 radical (unpaired) electrons. The van der Waals surface area contributed by atoms with Gasteiger partial charge in [-0.2, -0.15) is 0 Å². The maximum absolute atomic E-state index is 6.62. The fourth-order valence-corrected chi connectivity index (χ4v) is 9.68. The monoisotopic (exact) mass is 739 g/mol. The second kappa shape index (κ2) is 11.8. The van der Waals surface area contributed by atoms with E-state index in [2.05, 4.69) is 214 Å². The molecular weight excluding hydrogens is 707 g/mol. The third kappa shape index (κ3) is 4.40. The molecule has 13 rings (SSSR count). The Labute approximate surface area is 333 Å². The molecule has 4 nitrogen and oxygen atoms in total. The Morgan fingerprint density at radius 2 is 0.759 bits per heavy atom. The van der Waals surface area contributed by atoms with Crippen LogP contribution in [-0.4, -0.2) is 13.7 Å². The Morgan fingerprint density at radius 1 is 0.276 bits per heavy atom. The van der Waals surface area contributed by atoms with Crippen LogP contribution in [0.3, 0.4) is 0 Å². The molecule has 0 N–H and O–H groups in total. The standard InChI is InChI=1S/C54H33N3O/c1-5-21-46-40(16-1)41-17-2-6-22-47(41)56(46)39-27-29-50-45(33-39)43-19-4-7-23-48(43)55(50)38-15-10-14-36(31-38)34-12-9-13-35(30-34)37-26-28-51-53(32-37)58-52-25-11-20-44-42-18-3-8-24-49(42)57(51)54(44)52/h1-33H. The van der Waals surface area contributed by atoms with Gasteiger partial charge in [0.25, 0.3) is 0 Å². The van der Waals surface area contributed by atoms with Gasteiger partial charge in [-0.15, -0.1) is 0 Å². The van der Waals surface area contributed by atoms with E-state index in [0.29, 0.717) is 0 Å². The molecule has 1 aliphatic heterocycles. The summed E-state index contributed by atoms with van der Waals surface area (Å²) < 4.78 is 13.8. The first-order chi connectivity index (χ1) is 28.8. The van der Waals surface area contributed by atoms with Crippen LogP contribution in [0.25, 0.3) is 105 Å². The molecule has 4 heterocycles. The minimum atomic E-state index is 0.860. The SMILES string of the molecule is c1cc(-c2cccc(-n3c4ccccc4c4cc(-n5c6ccccc6c6ccccc65)ccc43)c2)cc(-c2ccc3c(c2)Oc2cccc4c5ccccc5n-3c24)c1. The van der Waals surface area contributed by atoms with Crippen molar-refractivity contribution in [3.8, 4) is 50.8 Å². The smallest absolute Gasteiger partial charge is 0.152 e. The van der Waals surface area contributed by atoms with Gasteiger partial charge < -0.3 is 18.4 Å². The summed E-state index contributed by atoms with van der Waals surface area (Å²) in [6.07, 6.45) is 0. The van der Waals surface area contributed by atoms with E-state index in [9.17, 15) is 0 Å². The summed E-state index contributed by atoms with van der Waals surface area (Å²) in [7, 11) is 0. The van der Waals surface area contributed by atoms with Gasteiger partial charge in [0.05, 0.1) is 38.8 Å². The lowest BCUT2D eigenvalue weighted by Gasteiger charge is -2.21. The second-order valence-corrected chi connectivity index (χ2v) is 15.3. The second-order valence-electron chi connectivity index (χ2n) is 15.3. The minimum Gasteiger partial charge on any atom is -0.453 e. The van der Waals surface area contributed by atoms with Crippen molar-refractivity contribution in [3.05, 3.63) is 200 Å². The normalized spacial score (nSPS) is 12.3. The molecule has 0 bridgehead atoms. The zero-order chi connectivity index (χ0) is 37.9. The number of fused-ring (bicyclic) bond motifs is 11. The van der Waals surface area contributed by atoms with Crippen LogP contribution in [0, 0.1) is 0 Å². The number of hydrogen-bond acceptors (Lipinski definition) is 1. The summed E-state index contributed by atoms with van der Waals surface area (Å²) in [4.78, 5) is 0. The lowest BCUT2D eigenvalue weighted by Crippen LogP contribution is -2.04. The summed E-state index contributed by atoms with van der Waals surface area (Å²) in [6.45, 7) is 0. The third-order valence-corrected chi connectivity index (χ3v) is 12.2. The van der Waals surface area contributed by atoms with E-state index in [1.165, 1.54) is 59.9 Å². The predicted octanol–water partition coefficient (Wildman–Crippen LogP) is 14.4. The number of benzene rings is 9. The van der Waals surface area contributed by atoms with E-state index in [0.717, 1.165) is 56.3 Å². The number of hydrogen-bond donors (Lipinski definition) is 0. The van der Waals surface area contributed by atoms with E-state index in [4.69, 9.17) is 4.74 Å². The molecule has 270 valence electrons. The Bertz CT molecular complexity index is 3620. The minimum absolute atomic E-state index is 0.860.